The summed E-state index contributed by atoms with van der Waals surface area (Å²) in [5.41, 5.74) is 0.370. The molecule has 2 amide bonds. The molecule has 6 heteroatoms. The largest absolute Gasteiger partial charge is 0.344 e. The molecule has 0 bridgehead atoms. The van der Waals surface area contributed by atoms with Crippen molar-refractivity contribution < 1.29 is 14.0 Å². The molecule has 1 N–H and O–H groups in total. The fraction of sp³-hybridized carbons (Fsp3) is 0.467. The molecule has 1 fully saturated rings. The molecule has 1 aromatic carbocycles. The van der Waals surface area contributed by atoms with E-state index in [1.165, 1.54) is 6.07 Å². The number of piperazine rings is 1. The van der Waals surface area contributed by atoms with Crippen molar-refractivity contribution in [3.05, 3.63) is 35.6 Å². The van der Waals surface area contributed by atoms with Crippen molar-refractivity contribution in [3.63, 3.8) is 0 Å². The van der Waals surface area contributed by atoms with Crippen LogP contribution < -0.4 is 5.32 Å². The van der Waals surface area contributed by atoms with Crippen molar-refractivity contribution in [2.24, 2.45) is 0 Å². The van der Waals surface area contributed by atoms with Crippen LogP contribution in [-0.2, 0) is 16.1 Å². The number of nitrogens with zero attached hydrogens (tertiary/aromatic N) is 2. The topological polar surface area (TPSA) is 52.7 Å². The van der Waals surface area contributed by atoms with E-state index in [9.17, 15) is 14.0 Å². The standard InChI is InChI=1S/C15H20FN3O2/c1-2-18-7-9-19(10-8-18)15(21)14(20)17-11-12-5-3-4-6-13(12)16/h3-6H,2,7-11H2,1H3,(H,17,20). The molecule has 1 aliphatic heterocycles. The van der Waals surface area contributed by atoms with Crippen LogP contribution in [-0.4, -0.2) is 54.3 Å². The molecule has 1 aromatic rings. The van der Waals surface area contributed by atoms with Gasteiger partial charge in [0.25, 0.3) is 0 Å². The normalized spacial score (nSPS) is 15.8. The van der Waals surface area contributed by atoms with Gasteiger partial charge in [-0.15, -0.1) is 0 Å². The molecule has 0 aromatic heterocycles. The predicted molar refractivity (Wildman–Crippen MR) is 76.9 cm³/mol. The molecule has 0 saturated carbocycles. The lowest BCUT2D eigenvalue weighted by molar-refractivity contribution is -0.147. The van der Waals surface area contributed by atoms with E-state index in [1.807, 2.05) is 0 Å². The Labute approximate surface area is 123 Å². The van der Waals surface area contributed by atoms with Gasteiger partial charge in [-0.05, 0) is 12.6 Å². The molecular weight excluding hydrogens is 273 g/mol. The van der Waals surface area contributed by atoms with E-state index in [0.29, 0.717) is 18.7 Å². The zero-order valence-electron chi connectivity index (χ0n) is 12.1. The summed E-state index contributed by atoms with van der Waals surface area (Å²) in [4.78, 5) is 27.6. The maximum atomic E-state index is 13.4. The highest BCUT2D eigenvalue weighted by molar-refractivity contribution is 6.34. The van der Waals surface area contributed by atoms with Crippen molar-refractivity contribution in [1.29, 1.82) is 0 Å². The zero-order valence-corrected chi connectivity index (χ0v) is 12.1. The summed E-state index contributed by atoms with van der Waals surface area (Å²) >= 11 is 0. The molecule has 114 valence electrons. The minimum atomic E-state index is -0.678. The summed E-state index contributed by atoms with van der Waals surface area (Å²) in [6.45, 7) is 5.71. The maximum Gasteiger partial charge on any atom is 0.311 e. The van der Waals surface area contributed by atoms with Gasteiger partial charge in [0.2, 0.25) is 0 Å². The van der Waals surface area contributed by atoms with Gasteiger partial charge in [-0.2, -0.15) is 0 Å². The smallest absolute Gasteiger partial charge is 0.311 e. The van der Waals surface area contributed by atoms with Crippen molar-refractivity contribution in [2.75, 3.05) is 32.7 Å². The second-order valence-corrected chi connectivity index (χ2v) is 5.00. The van der Waals surface area contributed by atoms with Crippen LogP contribution >= 0.6 is 0 Å². The third kappa shape index (κ3) is 4.01. The SMILES string of the molecule is CCN1CCN(C(=O)C(=O)NCc2ccccc2F)CC1. The van der Waals surface area contributed by atoms with E-state index >= 15 is 0 Å². The Morgan fingerprint density at radius 2 is 1.86 bits per heavy atom. The predicted octanol–water partition coefficient (Wildman–Crippen LogP) is 0.606. The van der Waals surface area contributed by atoms with Gasteiger partial charge in [-0.3, -0.25) is 9.59 Å². The molecule has 21 heavy (non-hydrogen) atoms. The van der Waals surface area contributed by atoms with E-state index in [0.717, 1.165) is 19.6 Å². The van der Waals surface area contributed by atoms with Crippen LogP contribution in [0.3, 0.4) is 0 Å². The molecule has 1 aliphatic rings. The first-order valence-corrected chi connectivity index (χ1v) is 7.14. The van der Waals surface area contributed by atoms with Crippen LogP contribution in [0.15, 0.2) is 24.3 Å². The number of rotatable bonds is 3. The number of nitrogens with one attached hydrogen (secondary N) is 1. The second kappa shape index (κ2) is 7.17. The van der Waals surface area contributed by atoms with Crippen molar-refractivity contribution in [3.8, 4) is 0 Å². The van der Waals surface area contributed by atoms with Crippen LogP contribution in [0, 0.1) is 5.82 Å². The third-order valence-corrected chi connectivity index (χ3v) is 3.70. The second-order valence-electron chi connectivity index (χ2n) is 5.00. The lowest BCUT2D eigenvalue weighted by atomic mass is 10.2. The molecule has 2 rings (SSSR count). The number of amides is 2. The highest BCUT2D eigenvalue weighted by Crippen LogP contribution is 2.06. The molecule has 0 radical (unpaired) electrons. The van der Waals surface area contributed by atoms with Crippen molar-refractivity contribution in [2.45, 2.75) is 13.5 Å². The van der Waals surface area contributed by atoms with E-state index in [2.05, 4.69) is 17.1 Å². The Hall–Kier alpha value is -1.95. The Kier molecular flexibility index (Phi) is 5.27. The quantitative estimate of drug-likeness (QED) is 0.831. The number of halogens is 1. The third-order valence-electron chi connectivity index (χ3n) is 3.70. The Morgan fingerprint density at radius 3 is 2.48 bits per heavy atom. The lowest BCUT2D eigenvalue weighted by Crippen LogP contribution is -2.52. The number of carbonyl (C=O) groups is 2. The average molecular weight is 293 g/mol. The summed E-state index contributed by atoms with van der Waals surface area (Å²) in [6, 6.07) is 6.18. The van der Waals surface area contributed by atoms with Crippen molar-refractivity contribution >= 4 is 11.8 Å². The summed E-state index contributed by atoms with van der Waals surface area (Å²) in [6.07, 6.45) is 0. The molecular formula is C15H20FN3O2. The number of hydrogen-bond donors (Lipinski definition) is 1. The van der Waals surface area contributed by atoms with Gasteiger partial charge < -0.3 is 15.1 Å². The summed E-state index contributed by atoms with van der Waals surface area (Å²) < 4.78 is 13.4. The summed E-state index contributed by atoms with van der Waals surface area (Å²) in [5, 5.41) is 2.48. The zero-order chi connectivity index (χ0) is 15.2. The van der Waals surface area contributed by atoms with Crippen LogP contribution in [0.1, 0.15) is 12.5 Å². The minimum Gasteiger partial charge on any atom is -0.344 e. The minimum absolute atomic E-state index is 0.0200. The molecule has 5 nitrogen and oxygen atoms in total. The molecule has 1 saturated heterocycles. The lowest BCUT2D eigenvalue weighted by Gasteiger charge is -2.33. The number of benzene rings is 1. The molecule has 0 spiro atoms. The number of hydrogen-bond acceptors (Lipinski definition) is 3. The number of carbonyl (C=O) groups excluding carboxylic acids is 2. The highest BCUT2D eigenvalue weighted by atomic mass is 19.1. The molecule has 0 atom stereocenters. The van der Waals surface area contributed by atoms with Gasteiger partial charge in [-0.25, -0.2) is 4.39 Å². The monoisotopic (exact) mass is 293 g/mol. The van der Waals surface area contributed by atoms with Crippen LogP contribution in [0.4, 0.5) is 4.39 Å². The van der Waals surface area contributed by atoms with Gasteiger partial charge in [0, 0.05) is 38.3 Å². The van der Waals surface area contributed by atoms with E-state index < -0.39 is 11.8 Å². The van der Waals surface area contributed by atoms with Crippen LogP contribution in [0.5, 0.6) is 0 Å². The van der Waals surface area contributed by atoms with Crippen molar-refractivity contribution in [1.82, 2.24) is 15.1 Å². The van der Waals surface area contributed by atoms with E-state index in [-0.39, 0.29) is 12.4 Å². The average Bonchev–Trinajstić information content (AvgIpc) is 2.53. The van der Waals surface area contributed by atoms with Gasteiger partial charge in [0.1, 0.15) is 5.82 Å². The Bertz CT molecular complexity index is 513. The van der Waals surface area contributed by atoms with E-state index in [4.69, 9.17) is 0 Å². The van der Waals surface area contributed by atoms with E-state index in [1.54, 1.807) is 23.1 Å². The fourth-order valence-electron chi connectivity index (χ4n) is 2.30. The Morgan fingerprint density at radius 1 is 1.19 bits per heavy atom. The summed E-state index contributed by atoms with van der Waals surface area (Å²) in [7, 11) is 0. The summed E-state index contributed by atoms with van der Waals surface area (Å²) in [5.74, 6) is -1.60. The molecule has 0 aliphatic carbocycles. The first kappa shape index (κ1) is 15.4. The van der Waals surface area contributed by atoms with Gasteiger partial charge >= 0.3 is 11.8 Å². The Balaban J connectivity index is 1.83. The molecule has 1 heterocycles. The van der Waals surface area contributed by atoms with Crippen LogP contribution in [0.25, 0.3) is 0 Å². The maximum absolute atomic E-state index is 13.4. The van der Waals surface area contributed by atoms with Crippen LogP contribution in [0.2, 0.25) is 0 Å². The molecule has 0 unspecified atom stereocenters. The first-order chi connectivity index (χ1) is 10.1. The highest BCUT2D eigenvalue weighted by Gasteiger charge is 2.25. The van der Waals surface area contributed by atoms with Gasteiger partial charge in [0.05, 0.1) is 0 Å². The van der Waals surface area contributed by atoms with Gasteiger partial charge in [-0.1, -0.05) is 25.1 Å². The first-order valence-electron chi connectivity index (χ1n) is 7.14. The number of likely N-dealkylation sites (N-methyl/N-ethyl adjacent to an activating group) is 1. The fourth-order valence-corrected chi connectivity index (χ4v) is 2.30. The van der Waals surface area contributed by atoms with Gasteiger partial charge in [0.15, 0.2) is 0 Å².